The van der Waals surface area contributed by atoms with Crippen molar-refractivity contribution in [3.63, 3.8) is 0 Å². The van der Waals surface area contributed by atoms with Gasteiger partial charge in [-0.15, -0.1) is 0 Å². The van der Waals surface area contributed by atoms with Gasteiger partial charge in [0.2, 0.25) is 5.91 Å². The van der Waals surface area contributed by atoms with Gasteiger partial charge < -0.3 is 15.0 Å². The van der Waals surface area contributed by atoms with Crippen LogP contribution in [-0.2, 0) is 32.6 Å². The largest absolute Gasteiger partial charge is 0.480 e. The van der Waals surface area contributed by atoms with Crippen LogP contribution < -0.4 is 5.32 Å². The predicted octanol–water partition coefficient (Wildman–Crippen LogP) is 5.27. The molecule has 0 spiro atoms. The summed E-state index contributed by atoms with van der Waals surface area (Å²) >= 11 is 0. The second-order valence-corrected chi connectivity index (χ2v) is 11.3. The highest BCUT2D eigenvalue weighted by Crippen LogP contribution is 2.25. The highest BCUT2D eigenvalue weighted by molar-refractivity contribution is 7.84. The van der Waals surface area contributed by atoms with Gasteiger partial charge >= 0.3 is 5.97 Å². The molecule has 0 saturated heterocycles. The third-order valence-corrected chi connectivity index (χ3v) is 8.19. The van der Waals surface area contributed by atoms with Gasteiger partial charge in [-0.3, -0.25) is 19.1 Å². The molecule has 2 atom stereocenters. The number of aliphatic carboxylic acids is 1. The van der Waals surface area contributed by atoms with Crippen molar-refractivity contribution in [1.29, 1.82) is 0 Å². The molecule has 42 heavy (non-hydrogen) atoms. The van der Waals surface area contributed by atoms with E-state index in [9.17, 15) is 29.0 Å². The predicted molar refractivity (Wildman–Crippen MR) is 162 cm³/mol. The molecule has 5 aromatic rings. The number of carbonyl (C=O) groups excluding carboxylic acids is 1. The van der Waals surface area contributed by atoms with Crippen molar-refractivity contribution < 1.29 is 23.8 Å². The van der Waals surface area contributed by atoms with Gasteiger partial charge in [0, 0.05) is 40.6 Å². The van der Waals surface area contributed by atoms with Crippen molar-refractivity contribution in [1.82, 2.24) is 9.88 Å². The minimum atomic E-state index is -1.57. The molecule has 1 heterocycles. The molecule has 0 aliphatic carbocycles. The normalized spacial score (nSPS) is 12.5. The van der Waals surface area contributed by atoms with Gasteiger partial charge in [-0.1, -0.05) is 66.7 Å². The summed E-state index contributed by atoms with van der Waals surface area (Å²) in [4.78, 5) is 34.5. The molecule has 4 aromatic carbocycles. The highest BCUT2D eigenvalue weighted by Gasteiger charge is 2.23. The second kappa shape index (κ2) is 12.6. The number of carboxylic acids is 1. The zero-order valence-electron chi connectivity index (χ0n) is 22.4. The zero-order chi connectivity index (χ0) is 29.6. The molecule has 212 valence electrons. The first kappa shape index (κ1) is 28.4. The first-order chi connectivity index (χ1) is 20.3. The van der Waals surface area contributed by atoms with Gasteiger partial charge in [0.15, 0.2) is 0 Å². The molecule has 0 saturated carbocycles. The summed E-state index contributed by atoms with van der Waals surface area (Å²) in [7, 11) is -1.57. The number of amides is 1. The summed E-state index contributed by atoms with van der Waals surface area (Å²) < 4.78 is 14.9. The SMILES string of the molecule is O=C(Cc1cccc([N+](=O)[O-])c1)N[C@@H](CS(=O)Cc1ccc(-c2ccc(-n3ccc4ccccc43)cc2)cc1)C(=O)O. The average Bonchev–Trinajstić information content (AvgIpc) is 3.42. The van der Waals surface area contributed by atoms with Gasteiger partial charge in [-0.2, -0.15) is 0 Å². The molecule has 2 N–H and O–H groups in total. The van der Waals surface area contributed by atoms with Crippen molar-refractivity contribution in [2.75, 3.05) is 5.75 Å². The molecular formula is C32H27N3O6S. The van der Waals surface area contributed by atoms with E-state index < -0.39 is 33.6 Å². The van der Waals surface area contributed by atoms with E-state index in [1.165, 1.54) is 23.6 Å². The van der Waals surface area contributed by atoms with Gasteiger partial charge in [0.05, 0.1) is 22.6 Å². The molecule has 1 amide bonds. The van der Waals surface area contributed by atoms with Crippen molar-refractivity contribution in [2.45, 2.75) is 18.2 Å². The number of hydrogen-bond acceptors (Lipinski definition) is 5. The first-order valence-electron chi connectivity index (χ1n) is 13.1. The third kappa shape index (κ3) is 6.79. The van der Waals surface area contributed by atoms with Crippen molar-refractivity contribution in [2.24, 2.45) is 0 Å². The van der Waals surface area contributed by atoms with Gasteiger partial charge in [0.1, 0.15) is 6.04 Å². The molecule has 0 bridgehead atoms. The monoisotopic (exact) mass is 581 g/mol. The molecule has 9 nitrogen and oxygen atoms in total. The van der Waals surface area contributed by atoms with Crippen LogP contribution >= 0.6 is 0 Å². The highest BCUT2D eigenvalue weighted by atomic mass is 32.2. The Labute approximate surface area is 244 Å². The zero-order valence-corrected chi connectivity index (χ0v) is 23.2. The summed E-state index contributed by atoms with van der Waals surface area (Å²) in [5.74, 6) is -2.07. The number of non-ortho nitro benzene ring substituents is 1. The Morgan fingerprint density at radius 3 is 2.26 bits per heavy atom. The maximum atomic E-state index is 12.8. The van der Waals surface area contributed by atoms with E-state index in [1.807, 2.05) is 54.7 Å². The summed E-state index contributed by atoms with van der Waals surface area (Å²) in [6.07, 6.45) is 1.81. The Hall–Kier alpha value is -5.09. The van der Waals surface area contributed by atoms with Crippen LogP contribution in [0.1, 0.15) is 11.1 Å². The second-order valence-electron chi connectivity index (χ2n) is 9.80. The summed E-state index contributed by atoms with van der Waals surface area (Å²) in [5, 5.41) is 24.1. The fourth-order valence-electron chi connectivity index (χ4n) is 4.73. The Morgan fingerprint density at radius 1 is 0.881 bits per heavy atom. The first-order valence-corrected chi connectivity index (χ1v) is 14.6. The lowest BCUT2D eigenvalue weighted by Gasteiger charge is -2.14. The van der Waals surface area contributed by atoms with E-state index in [0.29, 0.717) is 5.56 Å². The van der Waals surface area contributed by atoms with Crippen LogP contribution in [0, 0.1) is 10.1 Å². The molecule has 0 aliphatic heterocycles. The molecule has 0 radical (unpaired) electrons. The number of benzene rings is 4. The summed E-state index contributed by atoms with van der Waals surface area (Å²) in [5.41, 5.74) is 5.20. The maximum Gasteiger partial charge on any atom is 0.327 e. The van der Waals surface area contributed by atoms with Crippen LogP contribution in [0.4, 0.5) is 5.69 Å². The van der Waals surface area contributed by atoms with Crippen LogP contribution in [0.3, 0.4) is 0 Å². The standard InChI is InChI=1S/C32H27N3O6S/c36-31(19-23-4-3-6-28(18-23)35(39)40)33-29(32(37)38)21-42(41)20-22-8-10-24(11-9-22)25-12-14-27(15-13-25)34-17-16-26-5-1-2-7-30(26)34/h1-18,29H,19-21H2,(H,33,36)(H,37,38)/t29-,42?/m0/s1. The molecule has 0 aliphatic rings. The number of nitro benzene ring substituents is 1. The van der Waals surface area contributed by atoms with E-state index in [-0.39, 0.29) is 23.6 Å². The maximum absolute atomic E-state index is 12.8. The number of para-hydroxylation sites is 1. The molecule has 0 fully saturated rings. The lowest BCUT2D eigenvalue weighted by Crippen LogP contribution is -2.45. The average molecular weight is 582 g/mol. The number of carbonyl (C=O) groups is 2. The van der Waals surface area contributed by atoms with Gasteiger partial charge in [-0.25, -0.2) is 4.79 Å². The van der Waals surface area contributed by atoms with Crippen LogP contribution in [0.25, 0.3) is 27.7 Å². The number of nitrogens with one attached hydrogen (secondary N) is 1. The smallest absolute Gasteiger partial charge is 0.327 e. The Kier molecular flexibility index (Phi) is 8.54. The van der Waals surface area contributed by atoms with Gasteiger partial charge in [-0.05, 0) is 51.9 Å². The molecular weight excluding hydrogens is 554 g/mol. The van der Waals surface area contributed by atoms with E-state index >= 15 is 0 Å². The Balaban J connectivity index is 1.18. The Bertz CT molecular complexity index is 1780. The van der Waals surface area contributed by atoms with Crippen LogP contribution in [0.15, 0.2) is 109 Å². The number of aromatic nitrogens is 1. The number of carboxylic acid groups (broad SMARTS) is 1. The number of nitro groups is 1. The molecule has 1 aromatic heterocycles. The Morgan fingerprint density at radius 2 is 1.57 bits per heavy atom. The van der Waals surface area contributed by atoms with Crippen molar-refractivity contribution >= 4 is 39.3 Å². The third-order valence-electron chi connectivity index (χ3n) is 6.83. The molecule has 1 unspecified atom stereocenters. The fraction of sp³-hybridized carbons (Fsp3) is 0.125. The van der Waals surface area contributed by atoms with Crippen LogP contribution in [0.5, 0.6) is 0 Å². The molecule has 10 heteroatoms. The minimum Gasteiger partial charge on any atom is -0.480 e. The summed E-state index contributed by atoms with van der Waals surface area (Å²) in [6, 6.07) is 30.3. The lowest BCUT2D eigenvalue weighted by molar-refractivity contribution is -0.384. The van der Waals surface area contributed by atoms with Crippen molar-refractivity contribution in [3.05, 3.63) is 131 Å². The number of rotatable bonds is 11. The minimum absolute atomic E-state index is 0.129. The fourth-order valence-corrected chi connectivity index (χ4v) is 6.01. The quantitative estimate of drug-likeness (QED) is 0.161. The van der Waals surface area contributed by atoms with E-state index in [4.69, 9.17) is 0 Å². The number of hydrogen-bond donors (Lipinski definition) is 2. The van der Waals surface area contributed by atoms with Crippen molar-refractivity contribution in [3.8, 4) is 16.8 Å². The number of fused-ring (bicyclic) bond motifs is 1. The van der Waals surface area contributed by atoms with E-state index in [1.54, 1.807) is 6.07 Å². The van der Waals surface area contributed by atoms with E-state index in [0.717, 1.165) is 27.9 Å². The van der Waals surface area contributed by atoms with E-state index in [2.05, 4.69) is 40.2 Å². The molecule has 5 rings (SSSR count). The lowest BCUT2D eigenvalue weighted by atomic mass is 10.0. The van der Waals surface area contributed by atoms with Gasteiger partial charge in [0.25, 0.3) is 5.69 Å². The summed E-state index contributed by atoms with van der Waals surface area (Å²) in [6.45, 7) is 0. The van der Waals surface area contributed by atoms with Crippen LogP contribution in [0.2, 0.25) is 0 Å². The van der Waals surface area contributed by atoms with Crippen LogP contribution in [-0.4, -0.2) is 42.5 Å². The number of nitrogens with zero attached hydrogens (tertiary/aromatic N) is 2. The topological polar surface area (TPSA) is 132 Å².